The molecule has 1 aromatic heterocycles. The van der Waals surface area contributed by atoms with Gasteiger partial charge in [0.05, 0.1) is 11.2 Å². The van der Waals surface area contributed by atoms with E-state index in [9.17, 15) is 0 Å². The van der Waals surface area contributed by atoms with Gasteiger partial charge in [-0.05, 0) is 24.3 Å². The van der Waals surface area contributed by atoms with Gasteiger partial charge in [0.15, 0.2) is 0 Å². The molecule has 0 atom stereocenters. The molecule has 0 amide bonds. The molecule has 0 spiro atoms. The highest BCUT2D eigenvalue weighted by Crippen LogP contribution is 2.18. The van der Waals surface area contributed by atoms with Crippen LogP contribution in [0.3, 0.4) is 0 Å². The number of benzene rings is 1. The number of rotatable bonds is 1. The van der Waals surface area contributed by atoms with Gasteiger partial charge in [0.25, 0.3) is 0 Å². The minimum Gasteiger partial charge on any atom is -0.264 e. The molecule has 13 heavy (non-hydrogen) atoms. The summed E-state index contributed by atoms with van der Waals surface area (Å²) in [6.45, 7) is 0. The standard InChI is InChI=1S/C9H8N2O2/c12-11(13)8-3-4-9-7(6-8)2-1-5-10-9/h1-6,12-13H. The quantitative estimate of drug-likeness (QED) is 0.651. The van der Waals surface area contributed by atoms with E-state index in [2.05, 4.69) is 4.98 Å². The molecule has 0 aliphatic carbocycles. The van der Waals surface area contributed by atoms with Crippen LogP contribution >= 0.6 is 0 Å². The molecular formula is C9H8N2O2. The van der Waals surface area contributed by atoms with Crippen molar-refractivity contribution in [1.29, 1.82) is 0 Å². The predicted octanol–water partition coefficient (Wildman–Crippen LogP) is 1.82. The van der Waals surface area contributed by atoms with Crippen molar-refractivity contribution >= 4 is 16.6 Å². The van der Waals surface area contributed by atoms with Gasteiger partial charge in [0.1, 0.15) is 0 Å². The summed E-state index contributed by atoms with van der Waals surface area (Å²) in [5.41, 5.74) is 1.15. The van der Waals surface area contributed by atoms with Gasteiger partial charge < -0.3 is 0 Å². The van der Waals surface area contributed by atoms with Gasteiger partial charge in [0, 0.05) is 11.6 Å². The van der Waals surface area contributed by atoms with Gasteiger partial charge in [-0.1, -0.05) is 6.07 Å². The highest BCUT2D eigenvalue weighted by molar-refractivity contribution is 5.81. The maximum atomic E-state index is 8.75. The predicted molar refractivity (Wildman–Crippen MR) is 47.8 cm³/mol. The van der Waals surface area contributed by atoms with E-state index in [1.54, 1.807) is 30.5 Å². The monoisotopic (exact) mass is 176 g/mol. The molecule has 2 aromatic rings. The van der Waals surface area contributed by atoms with E-state index < -0.39 is 0 Å². The third-order valence-corrected chi connectivity index (χ3v) is 1.82. The fourth-order valence-electron chi connectivity index (χ4n) is 1.19. The number of anilines is 1. The van der Waals surface area contributed by atoms with Crippen LogP contribution in [-0.2, 0) is 0 Å². The van der Waals surface area contributed by atoms with E-state index in [1.165, 1.54) is 0 Å². The molecule has 0 aliphatic heterocycles. The van der Waals surface area contributed by atoms with Crippen molar-refractivity contribution in [3.63, 3.8) is 0 Å². The maximum absolute atomic E-state index is 8.75. The molecule has 0 bridgehead atoms. The van der Waals surface area contributed by atoms with E-state index in [0.29, 0.717) is 5.69 Å². The Balaban J connectivity index is 2.62. The molecule has 0 aliphatic rings. The summed E-state index contributed by atoms with van der Waals surface area (Å²) in [6, 6.07) is 8.60. The van der Waals surface area contributed by atoms with Crippen LogP contribution in [0.15, 0.2) is 36.5 Å². The Morgan fingerprint density at radius 2 is 2.00 bits per heavy atom. The molecule has 0 saturated carbocycles. The zero-order valence-electron chi connectivity index (χ0n) is 6.75. The van der Waals surface area contributed by atoms with E-state index in [4.69, 9.17) is 10.4 Å². The Bertz CT molecular complexity index is 429. The molecule has 0 radical (unpaired) electrons. The van der Waals surface area contributed by atoms with Crippen molar-refractivity contribution in [3.8, 4) is 0 Å². The minimum absolute atomic E-state index is 0.0897. The third-order valence-electron chi connectivity index (χ3n) is 1.82. The van der Waals surface area contributed by atoms with Gasteiger partial charge in [-0.2, -0.15) is 0 Å². The number of pyridine rings is 1. The van der Waals surface area contributed by atoms with Crippen molar-refractivity contribution in [2.24, 2.45) is 0 Å². The van der Waals surface area contributed by atoms with Gasteiger partial charge in [0.2, 0.25) is 0 Å². The summed E-state index contributed by atoms with van der Waals surface area (Å²) in [5, 5.41) is 18.5. The molecule has 2 rings (SSSR count). The normalized spacial score (nSPS) is 10.3. The Labute approximate surface area is 74.6 Å². The number of aromatic nitrogens is 1. The van der Waals surface area contributed by atoms with E-state index in [0.717, 1.165) is 10.9 Å². The van der Waals surface area contributed by atoms with Crippen molar-refractivity contribution in [1.82, 2.24) is 4.98 Å². The average molecular weight is 176 g/mol. The first kappa shape index (κ1) is 7.97. The van der Waals surface area contributed by atoms with Gasteiger partial charge >= 0.3 is 0 Å². The lowest BCUT2D eigenvalue weighted by molar-refractivity contribution is 0.0292. The molecule has 2 N–H and O–H groups in total. The molecule has 66 valence electrons. The second kappa shape index (κ2) is 3.01. The second-order valence-corrected chi connectivity index (χ2v) is 2.67. The van der Waals surface area contributed by atoms with E-state index >= 15 is 0 Å². The molecule has 1 aromatic carbocycles. The number of hydrogen-bond acceptors (Lipinski definition) is 4. The first-order chi connectivity index (χ1) is 6.27. The summed E-state index contributed by atoms with van der Waals surface area (Å²) >= 11 is 0. The first-order valence-electron chi connectivity index (χ1n) is 3.80. The SMILES string of the molecule is ON(O)c1ccc2ncccc2c1. The van der Waals surface area contributed by atoms with Gasteiger partial charge in [-0.25, -0.2) is 0 Å². The lowest BCUT2D eigenvalue weighted by Gasteiger charge is -2.07. The largest absolute Gasteiger partial charge is 0.264 e. The summed E-state index contributed by atoms with van der Waals surface area (Å²) in [6.07, 6.45) is 1.69. The van der Waals surface area contributed by atoms with Crippen LogP contribution in [0.1, 0.15) is 0 Å². The van der Waals surface area contributed by atoms with Crippen LogP contribution in [-0.4, -0.2) is 15.4 Å². The van der Waals surface area contributed by atoms with Gasteiger partial charge in [-0.15, -0.1) is 5.23 Å². The smallest absolute Gasteiger partial charge is 0.0950 e. The highest BCUT2D eigenvalue weighted by atomic mass is 16.8. The van der Waals surface area contributed by atoms with Crippen LogP contribution in [0.4, 0.5) is 5.69 Å². The van der Waals surface area contributed by atoms with Gasteiger partial charge in [-0.3, -0.25) is 15.4 Å². The lowest BCUT2D eigenvalue weighted by Crippen LogP contribution is -2.10. The molecule has 0 saturated heterocycles. The van der Waals surface area contributed by atoms with Crippen molar-refractivity contribution < 1.29 is 10.4 Å². The fraction of sp³-hybridized carbons (Fsp3) is 0. The molecule has 0 fully saturated rings. The van der Waals surface area contributed by atoms with Crippen molar-refractivity contribution in [2.75, 3.05) is 5.23 Å². The van der Waals surface area contributed by atoms with Crippen LogP contribution in [0.5, 0.6) is 0 Å². The Morgan fingerprint density at radius 3 is 2.77 bits per heavy atom. The minimum atomic E-state index is 0.0897. The summed E-state index contributed by atoms with van der Waals surface area (Å²) in [5.74, 6) is 0. The lowest BCUT2D eigenvalue weighted by atomic mass is 10.2. The van der Waals surface area contributed by atoms with Crippen LogP contribution in [0, 0.1) is 0 Å². The fourth-order valence-corrected chi connectivity index (χ4v) is 1.19. The molecule has 4 nitrogen and oxygen atoms in total. The van der Waals surface area contributed by atoms with Crippen LogP contribution in [0.25, 0.3) is 10.9 Å². The zero-order valence-corrected chi connectivity index (χ0v) is 6.75. The number of hydrogen-bond donors (Lipinski definition) is 2. The average Bonchev–Trinajstić information content (AvgIpc) is 2.17. The highest BCUT2D eigenvalue weighted by Gasteiger charge is 1.99. The summed E-state index contributed by atoms with van der Waals surface area (Å²) in [4.78, 5) is 4.10. The first-order valence-corrected chi connectivity index (χ1v) is 3.80. The summed E-state index contributed by atoms with van der Waals surface area (Å²) < 4.78 is 0. The maximum Gasteiger partial charge on any atom is 0.0950 e. The van der Waals surface area contributed by atoms with E-state index in [1.807, 2.05) is 6.07 Å². The zero-order chi connectivity index (χ0) is 9.26. The van der Waals surface area contributed by atoms with E-state index in [-0.39, 0.29) is 5.23 Å². The molecular weight excluding hydrogens is 168 g/mol. The Hall–Kier alpha value is -1.65. The third kappa shape index (κ3) is 1.44. The second-order valence-electron chi connectivity index (χ2n) is 2.67. The van der Waals surface area contributed by atoms with Crippen LogP contribution < -0.4 is 5.23 Å². The molecule has 1 heterocycles. The Morgan fingerprint density at radius 1 is 1.15 bits per heavy atom. The molecule has 0 unspecified atom stereocenters. The number of nitrogens with zero attached hydrogens (tertiary/aromatic N) is 2. The topological polar surface area (TPSA) is 56.6 Å². The van der Waals surface area contributed by atoms with Crippen LogP contribution in [0.2, 0.25) is 0 Å². The van der Waals surface area contributed by atoms with Crippen molar-refractivity contribution in [2.45, 2.75) is 0 Å². The number of fused-ring (bicyclic) bond motifs is 1. The molecule has 4 heteroatoms. The van der Waals surface area contributed by atoms with Crippen molar-refractivity contribution in [3.05, 3.63) is 36.5 Å². The summed E-state index contributed by atoms with van der Waals surface area (Å²) in [7, 11) is 0. The Kier molecular flexibility index (Phi) is 1.84.